The second-order valence-corrected chi connectivity index (χ2v) is 8.07. The van der Waals surface area contributed by atoms with Crippen molar-refractivity contribution in [2.75, 3.05) is 6.61 Å². The summed E-state index contributed by atoms with van der Waals surface area (Å²) in [5.74, 6) is -0.861. The summed E-state index contributed by atoms with van der Waals surface area (Å²) in [7, 11) is -4.00. The first-order valence-electron chi connectivity index (χ1n) is 9.17. The summed E-state index contributed by atoms with van der Waals surface area (Å²) in [5.41, 5.74) is 1.57. The van der Waals surface area contributed by atoms with Gasteiger partial charge in [-0.1, -0.05) is 60.7 Å². The van der Waals surface area contributed by atoms with Crippen LogP contribution in [0.4, 0.5) is 0 Å². The molecule has 1 atom stereocenters. The van der Waals surface area contributed by atoms with Crippen molar-refractivity contribution >= 4 is 19.6 Å². The Morgan fingerprint density at radius 1 is 0.862 bits per heavy atom. The minimum Gasteiger partial charge on any atom is -0.462 e. The summed E-state index contributed by atoms with van der Waals surface area (Å²) in [6.07, 6.45) is -0.657. The highest BCUT2D eigenvalue weighted by Crippen LogP contribution is 2.50. The number of hydrogen-bond acceptors (Lipinski definition) is 7. The first-order valence-corrected chi connectivity index (χ1v) is 10.6. The van der Waals surface area contributed by atoms with E-state index in [4.69, 9.17) is 18.3 Å². The molecule has 0 saturated heterocycles. The topological polar surface area (TPSA) is 88.1 Å². The largest absolute Gasteiger partial charge is 0.475 e. The second-order valence-electron chi connectivity index (χ2n) is 6.40. The van der Waals surface area contributed by atoms with Gasteiger partial charge in [-0.2, -0.15) is 0 Å². The number of ether oxygens (including phenoxy) is 1. The highest BCUT2D eigenvalue weighted by molar-refractivity contribution is 7.48. The maximum atomic E-state index is 13.0. The van der Waals surface area contributed by atoms with Gasteiger partial charge in [0.2, 0.25) is 0 Å². The lowest BCUT2D eigenvalue weighted by molar-refractivity contribution is -0.146. The van der Waals surface area contributed by atoms with Crippen LogP contribution in [0.2, 0.25) is 0 Å². The molecule has 1 unspecified atom stereocenters. The average Bonchev–Trinajstić information content (AvgIpc) is 2.70. The molecule has 7 nitrogen and oxygen atoms in total. The molecule has 156 valence electrons. The summed E-state index contributed by atoms with van der Waals surface area (Å²) in [5, 5.41) is 0. The first-order chi connectivity index (χ1) is 13.9. The minimum absolute atomic E-state index is 0.00491. The van der Waals surface area contributed by atoms with Gasteiger partial charge in [-0.3, -0.25) is 23.2 Å². The quantitative estimate of drug-likeness (QED) is 0.370. The standard InChI is InChI=1S/C21H25O7P/c1-17(28-18(2)22)13-21(23)16-27-29(24,25-14-19-9-5-3-6-10-19)26-15-20-11-7-4-8-12-20/h3-12,17H,13-16H2,1-2H3. The number of carbonyl (C=O) groups excluding carboxylic acids is 2. The van der Waals surface area contributed by atoms with E-state index < -0.39 is 26.5 Å². The van der Waals surface area contributed by atoms with Crippen LogP contribution in [0.3, 0.4) is 0 Å². The van der Waals surface area contributed by atoms with Crippen LogP contribution in [0.25, 0.3) is 0 Å². The molecule has 29 heavy (non-hydrogen) atoms. The third-order valence-electron chi connectivity index (χ3n) is 3.73. The fraction of sp³-hybridized carbons (Fsp3) is 0.333. The number of esters is 1. The Labute approximate surface area is 170 Å². The van der Waals surface area contributed by atoms with Crippen molar-refractivity contribution in [2.45, 2.75) is 39.6 Å². The summed E-state index contributed by atoms with van der Waals surface area (Å²) in [4.78, 5) is 23.0. The molecular weight excluding hydrogens is 395 g/mol. The van der Waals surface area contributed by atoms with Gasteiger partial charge in [-0.15, -0.1) is 0 Å². The molecule has 0 aliphatic heterocycles. The van der Waals surface area contributed by atoms with E-state index in [0.717, 1.165) is 11.1 Å². The lowest BCUT2D eigenvalue weighted by Gasteiger charge is -2.18. The van der Waals surface area contributed by atoms with E-state index in [2.05, 4.69) is 0 Å². The summed E-state index contributed by atoms with van der Waals surface area (Å²) >= 11 is 0. The van der Waals surface area contributed by atoms with Gasteiger partial charge in [0, 0.05) is 13.3 Å². The van der Waals surface area contributed by atoms with Gasteiger partial charge in [0.1, 0.15) is 12.7 Å². The molecule has 0 spiro atoms. The van der Waals surface area contributed by atoms with Gasteiger partial charge in [-0.25, -0.2) is 4.57 Å². The Morgan fingerprint density at radius 3 is 1.79 bits per heavy atom. The number of benzene rings is 2. The van der Waals surface area contributed by atoms with Crippen molar-refractivity contribution in [1.82, 2.24) is 0 Å². The zero-order chi connectivity index (χ0) is 21.1. The lowest BCUT2D eigenvalue weighted by Crippen LogP contribution is -2.20. The number of Topliss-reactive ketones (excluding diaryl/α,β-unsaturated/α-hetero) is 1. The molecule has 2 rings (SSSR count). The predicted octanol–water partition coefficient (Wildman–Crippen LogP) is 4.46. The average molecular weight is 420 g/mol. The smallest absolute Gasteiger partial charge is 0.462 e. The first kappa shape index (κ1) is 23.0. The number of phosphoric ester groups is 1. The Balaban J connectivity index is 1.96. The molecule has 2 aromatic rings. The van der Waals surface area contributed by atoms with Gasteiger partial charge < -0.3 is 4.74 Å². The minimum atomic E-state index is -4.00. The Kier molecular flexibility index (Phi) is 9.22. The van der Waals surface area contributed by atoms with Crippen molar-refractivity contribution in [3.63, 3.8) is 0 Å². The maximum absolute atomic E-state index is 13.0. The molecule has 0 N–H and O–H groups in total. The number of hydrogen-bond donors (Lipinski definition) is 0. The number of phosphoric acid groups is 1. The van der Waals surface area contributed by atoms with Crippen molar-refractivity contribution in [3.8, 4) is 0 Å². The van der Waals surface area contributed by atoms with E-state index in [9.17, 15) is 14.2 Å². The van der Waals surface area contributed by atoms with E-state index in [1.54, 1.807) is 6.92 Å². The fourth-order valence-corrected chi connectivity index (χ4v) is 3.56. The van der Waals surface area contributed by atoms with Crippen LogP contribution in [0.1, 0.15) is 31.4 Å². The SMILES string of the molecule is CC(=O)OC(C)CC(=O)COP(=O)(OCc1ccccc1)OCc1ccccc1. The summed E-state index contributed by atoms with van der Waals surface area (Å²) < 4.78 is 34.1. The van der Waals surface area contributed by atoms with Gasteiger partial charge in [0.05, 0.1) is 13.2 Å². The molecule has 0 radical (unpaired) electrons. The van der Waals surface area contributed by atoms with E-state index >= 15 is 0 Å². The second kappa shape index (κ2) is 11.6. The van der Waals surface area contributed by atoms with E-state index in [0.29, 0.717) is 0 Å². The fourth-order valence-electron chi connectivity index (χ4n) is 2.42. The molecule has 0 aliphatic rings. The zero-order valence-corrected chi connectivity index (χ0v) is 17.4. The highest BCUT2D eigenvalue weighted by Gasteiger charge is 2.28. The maximum Gasteiger partial charge on any atom is 0.475 e. The van der Waals surface area contributed by atoms with Crippen LogP contribution in [0.5, 0.6) is 0 Å². The van der Waals surface area contributed by atoms with Gasteiger partial charge >= 0.3 is 13.8 Å². The van der Waals surface area contributed by atoms with Gasteiger partial charge in [0.15, 0.2) is 5.78 Å². The third-order valence-corrected chi connectivity index (χ3v) is 5.07. The van der Waals surface area contributed by atoms with Crippen molar-refractivity contribution in [3.05, 3.63) is 71.8 Å². The Hall–Kier alpha value is -2.31. The third kappa shape index (κ3) is 9.15. The molecular formula is C21H25O7P. The highest BCUT2D eigenvalue weighted by atomic mass is 31.2. The summed E-state index contributed by atoms with van der Waals surface area (Å²) in [6, 6.07) is 18.3. The monoisotopic (exact) mass is 420 g/mol. The van der Waals surface area contributed by atoms with E-state index in [-0.39, 0.29) is 25.4 Å². The van der Waals surface area contributed by atoms with Crippen LogP contribution in [0, 0.1) is 0 Å². The van der Waals surface area contributed by atoms with Crippen molar-refractivity contribution in [2.24, 2.45) is 0 Å². The van der Waals surface area contributed by atoms with Gasteiger partial charge in [-0.05, 0) is 18.1 Å². The number of rotatable bonds is 12. The molecule has 2 aromatic carbocycles. The van der Waals surface area contributed by atoms with Crippen molar-refractivity contribution < 1.29 is 32.5 Å². The van der Waals surface area contributed by atoms with Crippen LogP contribution in [-0.2, 0) is 45.7 Å². The van der Waals surface area contributed by atoms with Crippen LogP contribution in [0.15, 0.2) is 60.7 Å². The van der Waals surface area contributed by atoms with Crippen molar-refractivity contribution in [1.29, 1.82) is 0 Å². The summed E-state index contributed by atoms with van der Waals surface area (Å²) in [6.45, 7) is 2.39. The molecule has 8 heteroatoms. The molecule has 0 aliphatic carbocycles. The number of ketones is 1. The van der Waals surface area contributed by atoms with Crippen LogP contribution < -0.4 is 0 Å². The van der Waals surface area contributed by atoms with Crippen LogP contribution in [-0.4, -0.2) is 24.5 Å². The van der Waals surface area contributed by atoms with Crippen LogP contribution >= 0.6 is 7.82 Å². The predicted molar refractivity (Wildman–Crippen MR) is 107 cm³/mol. The molecule has 0 amide bonds. The number of carbonyl (C=O) groups is 2. The Bertz CT molecular complexity index is 776. The van der Waals surface area contributed by atoms with E-state index in [1.807, 2.05) is 60.7 Å². The normalized spacial score (nSPS) is 12.3. The van der Waals surface area contributed by atoms with E-state index in [1.165, 1.54) is 6.92 Å². The molecule has 0 aromatic heterocycles. The lowest BCUT2D eigenvalue weighted by atomic mass is 10.2. The molecule has 0 saturated carbocycles. The Morgan fingerprint density at radius 2 is 1.34 bits per heavy atom. The van der Waals surface area contributed by atoms with Gasteiger partial charge in [0.25, 0.3) is 0 Å². The molecule has 0 bridgehead atoms. The molecule has 0 heterocycles. The molecule has 0 fully saturated rings. The zero-order valence-electron chi connectivity index (χ0n) is 16.5.